The van der Waals surface area contributed by atoms with Gasteiger partial charge in [-0.15, -0.1) is 0 Å². The minimum Gasteiger partial charge on any atom is -0.374 e. The molecule has 18 heavy (non-hydrogen) atoms. The van der Waals surface area contributed by atoms with Gasteiger partial charge in [-0.3, -0.25) is 0 Å². The summed E-state index contributed by atoms with van der Waals surface area (Å²) in [6.45, 7) is 3.96. The fraction of sp³-hybridized carbons (Fsp3) is 0.667. The first-order chi connectivity index (χ1) is 8.78. The van der Waals surface area contributed by atoms with Crippen molar-refractivity contribution in [2.45, 2.75) is 20.0 Å². The minimum atomic E-state index is 0.408. The van der Waals surface area contributed by atoms with Gasteiger partial charge in [0.15, 0.2) is 5.82 Å². The normalized spacial score (nSPS) is 19.1. The highest BCUT2D eigenvalue weighted by Gasteiger charge is 2.15. The molecular weight excluding hydrogens is 270 g/mol. The third kappa shape index (κ3) is 4.30. The van der Waals surface area contributed by atoms with Crippen LogP contribution in [0, 0.1) is 5.92 Å². The second kappa shape index (κ2) is 7.16. The van der Waals surface area contributed by atoms with E-state index in [2.05, 4.69) is 15.3 Å². The lowest BCUT2D eigenvalue weighted by Crippen LogP contribution is -2.15. The molecule has 2 heterocycles. The molecule has 0 aliphatic carbocycles. The molecule has 4 nitrogen and oxygen atoms in total. The van der Waals surface area contributed by atoms with Crippen molar-refractivity contribution in [3.8, 4) is 0 Å². The van der Waals surface area contributed by atoms with Gasteiger partial charge in [0.25, 0.3) is 0 Å². The average Bonchev–Trinajstić information content (AvgIpc) is 2.86. The largest absolute Gasteiger partial charge is 0.374 e. The lowest BCUT2D eigenvalue weighted by atomic mass is 10.1. The summed E-state index contributed by atoms with van der Waals surface area (Å²) in [5, 5.41) is 3.80. The SMILES string of the molecule is CCOCc1nc(Cl)cc(NCC2CCSC2)n1. The van der Waals surface area contributed by atoms with E-state index in [1.165, 1.54) is 17.9 Å². The number of hydrogen-bond acceptors (Lipinski definition) is 5. The zero-order valence-electron chi connectivity index (χ0n) is 10.5. The van der Waals surface area contributed by atoms with E-state index in [9.17, 15) is 0 Å². The Kier molecular flexibility index (Phi) is 5.53. The van der Waals surface area contributed by atoms with Crippen LogP contribution in [-0.2, 0) is 11.3 Å². The van der Waals surface area contributed by atoms with Crippen LogP contribution in [0.4, 0.5) is 5.82 Å². The van der Waals surface area contributed by atoms with Gasteiger partial charge in [0.2, 0.25) is 0 Å². The van der Waals surface area contributed by atoms with E-state index >= 15 is 0 Å². The first-order valence-corrected chi connectivity index (χ1v) is 7.74. The molecule has 1 aliphatic heterocycles. The van der Waals surface area contributed by atoms with Gasteiger partial charge in [0.1, 0.15) is 17.6 Å². The van der Waals surface area contributed by atoms with Crippen LogP contribution >= 0.6 is 23.4 Å². The molecule has 1 aliphatic rings. The maximum absolute atomic E-state index is 5.97. The van der Waals surface area contributed by atoms with Crippen LogP contribution in [0.5, 0.6) is 0 Å². The van der Waals surface area contributed by atoms with Gasteiger partial charge >= 0.3 is 0 Å². The first kappa shape index (κ1) is 13.9. The van der Waals surface area contributed by atoms with Crippen molar-refractivity contribution in [3.05, 3.63) is 17.0 Å². The molecule has 2 rings (SSSR count). The molecule has 0 spiro atoms. The third-order valence-electron chi connectivity index (χ3n) is 2.77. The van der Waals surface area contributed by atoms with Gasteiger partial charge in [-0.1, -0.05) is 11.6 Å². The number of ether oxygens (including phenoxy) is 1. The molecule has 6 heteroatoms. The zero-order valence-corrected chi connectivity index (χ0v) is 12.1. The molecule has 0 amide bonds. The fourth-order valence-electron chi connectivity index (χ4n) is 1.81. The van der Waals surface area contributed by atoms with Gasteiger partial charge in [0, 0.05) is 19.2 Å². The smallest absolute Gasteiger partial charge is 0.158 e. The minimum absolute atomic E-state index is 0.408. The summed E-state index contributed by atoms with van der Waals surface area (Å²) in [5.74, 6) is 4.66. The van der Waals surface area contributed by atoms with Crippen molar-refractivity contribution >= 4 is 29.2 Å². The number of rotatable bonds is 6. The van der Waals surface area contributed by atoms with Gasteiger partial charge in [-0.25, -0.2) is 9.97 Å². The van der Waals surface area contributed by atoms with Crippen LogP contribution in [0.1, 0.15) is 19.2 Å². The number of anilines is 1. The zero-order chi connectivity index (χ0) is 12.8. The van der Waals surface area contributed by atoms with Crippen molar-refractivity contribution in [3.63, 3.8) is 0 Å². The van der Waals surface area contributed by atoms with E-state index in [1.807, 2.05) is 18.7 Å². The monoisotopic (exact) mass is 287 g/mol. The summed E-state index contributed by atoms with van der Waals surface area (Å²) in [5.41, 5.74) is 0. The van der Waals surface area contributed by atoms with Crippen LogP contribution in [0.25, 0.3) is 0 Å². The lowest BCUT2D eigenvalue weighted by molar-refractivity contribution is 0.128. The highest BCUT2D eigenvalue weighted by molar-refractivity contribution is 7.99. The number of halogens is 1. The predicted molar refractivity (Wildman–Crippen MR) is 76.3 cm³/mol. The van der Waals surface area contributed by atoms with E-state index in [0.717, 1.165) is 18.3 Å². The number of aromatic nitrogens is 2. The van der Waals surface area contributed by atoms with E-state index in [1.54, 1.807) is 6.07 Å². The van der Waals surface area contributed by atoms with Crippen molar-refractivity contribution in [1.82, 2.24) is 9.97 Å². The summed E-state index contributed by atoms with van der Waals surface area (Å²) in [7, 11) is 0. The highest BCUT2D eigenvalue weighted by atomic mass is 35.5. The fourth-order valence-corrected chi connectivity index (χ4v) is 3.29. The number of thioether (sulfide) groups is 1. The number of nitrogens with one attached hydrogen (secondary N) is 1. The number of nitrogens with zero attached hydrogens (tertiary/aromatic N) is 2. The Hall–Kier alpha value is -0.520. The van der Waals surface area contributed by atoms with E-state index in [0.29, 0.717) is 24.2 Å². The number of hydrogen-bond donors (Lipinski definition) is 1. The molecule has 1 unspecified atom stereocenters. The molecule has 1 saturated heterocycles. The molecule has 100 valence electrons. The summed E-state index contributed by atoms with van der Waals surface area (Å²) < 4.78 is 5.29. The third-order valence-corrected chi connectivity index (χ3v) is 4.20. The van der Waals surface area contributed by atoms with Crippen LogP contribution in [0.2, 0.25) is 5.15 Å². The second-order valence-corrected chi connectivity index (χ2v) is 5.78. The predicted octanol–water partition coefficient (Wildman–Crippen LogP) is 2.83. The van der Waals surface area contributed by atoms with Gasteiger partial charge in [-0.2, -0.15) is 11.8 Å². The Balaban J connectivity index is 1.91. The molecule has 1 N–H and O–H groups in total. The van der Waals surface area contributed by atoms with Gasteiger partial charge < -0.3 is 10.1 Å². The molecule has 1 aromatic rings. The summed E-state index contributed by atoms with van der Waals surface area (Å²) in [6, 6.07) is 1.76. The van der Waals surface area contributed by atoms with Crippen LogP contribution < -0.4 is 5.32 Å². The Labute approximate surface area is 117 Å². The van der Waals surface area contributed by atoms with Gasteiger partial charge in [0.05, 0.1) is 0 Å². The summed E-state index contributed by atoms with van der Waals surface area (Å²) in [4.78, 5) is 8.53. The van der Waals surface area contributed by atoms with Gasteiger partial charge in [-0.05, 0) is 30.8 Å². The van der Waals surface area contributed by atoms with Crippen molar-refractivity contribution in [1.29, 1.82) is 0 Å². The Morgan fingerprint density at radius 2 is 2.44 bits per heavy atom. The Bertz CT molecular complexity index is 386. The molecule has 1 fully saturated rings. The van der Waals surface area contributed by atoms with Crippen molar-refractivity contribution in [2.24, 2.45) is 5.92 Å². The van der Waals surface area contributed by atoms with Crippen molar-refractivity contribution < 1.29 is 4.74 Å². The molecule has 0 saturated carbocycles. The average molecular weight is 288 g/mol. The molecule has 0 bridgehead atoms. The maximum Gasteiger partial charge on any atom is 0.158 e. The molecule has 0 radical (unpaired) electrons. The Morgan fingerprint density at radius 1 is 1.56 bits per heavy atom. The van der Waals surface area contributed by atoms with E-state index < -0.39 is 0 Å². The van der Waals surface area contributed by atoms with Crippen LogP contribution in [0.15, 0.2) is 6.07 Å². The van der Waals surface area contributed by atoms with E-state index in [-0.39, 0.29) is 0 Å². The maximum atomic E-state index is 5.97. The molecule has 0 aromatic carbocycles. The molecule has 1 atom stereocenters. The van der Waals surface area contributed by atoms with E-state index in [4.69, 9.17) is 16.3 Å². The van der Waals surface area contributed by atoms with Crippen molar-refractivity contribution in [2.75, 3.05) is 30.0 Å². The Morgan fingerprint density at radius 3 is 3.17 bits per heavy atom. The lowest BCUT2D eigenvalue weighted by Gasteiger charge is -2.11. The molecule has 1 aromatic heterocycles. The second-order valence-electron chi connectivity index (χ2n) is 4.24. The summed E-state index contributed by atoms with van der Waals surface area (Å²) >= 11 is 7.99. The topological polar surface area (TPSA) is 47.0 Å². The highest BCUT2D eigenvalue weighted by Crippen LogP contribution is 2.23. The van der Waals surface area contributed by atoms with Crippen LogP contribution in [-0.4, -0.2) is 34.6 Å². The quantitative estimate of drug-likeness (QED) is 0.815. The van der Waals surface area contributed by atoms with Crippen LogP contribution in [0.3, 0.4) is 0 Å². The summed E-state index contributed by atoms with van der Waals surface area (Å²) in [6.07, 6.45) is 1.28. The standard InChI is InChI=1S/C12H18ClN3OS/c1-2-17-7-12-15-10(13)5-11(16-12)14-6-9-3-4-18-8-9/h5,9H,2-4,6-8H2,1H3,(H,14,15,16). The molecular formula is C12H18ClN3OS. The first-order valence-electron chi connectivity index (χ1n) is 6.20.